The van der Waals surface area contributed by atoms with Crippen molar-refractivity contribution in [3.8, 4) is 5.75 Å². The average Bonchev–Trinajstić information content (AvgIpc) is 2.84. The summed E-state index contributed by atoms with van der Waals surface area (Å²) in [5.41, 5.74) is 1.32. The molecule has 0 saturated carbocycles. The summed E-state index contributed by atoms with van der Waals surface area (Å²) in [6.07, 6.45) is 0.981. The molecule has 0 aliphatic rings. The largest absolute Gasteiger partial charge is 0.550 e. The average molecular weight is 442 g/mol. The molecule has 4 heteroatoms. The number of carbonyl (C=O) groups excluding carboxylic acids is 1. The molecule has 0 radical (unpaired) electrons. The Morgan fingerprint density at radius 1 is 0.688 bits per heavy atom. The van der Waals surface area contributed by atoms with Crippen molar-refractivity contribution < 1.29 is 14.6 Å². The van der Waals surface area contributed by atoms with Gasteiger partial charge in [-0.1, -0.05) is 66.7 Å². The number of benzene rings is 4. The summed E-state index contributed by atoms with van der Waals surface area (Å²) in [4.78, 5) is 8.89. The van der Waals surface area contributed by atoms with Gasteiger partial charge in [0.15, 0.2) is 0 Å². The van der Waals surface area contributed by atoms with Crippen LogP contribution >= 0.6 is 7.26 Å². The monoisotopic (exact) mass is 442 g/mol. The molecular weight excluding hydrogens is 415 g/mol. The number of methoxy groups -OCH3 is 1. The van der Waals surface area contributed by atoms with E-state index < -0.39 is 13.2 Å². The van der Waals surface area contributed by atoms with Gasteiger partial charge in [-0.15, -0.1) is 0 Å². The van der Waals surface area contributed by atoms with Crippen LogP contribution in [-0.4, -0.2) is 13.1 Å². The summed E-state index contributed by atoms with van der Waals surface area (Å²) in [7, 11) is -0.127. The maximum absolute atomic E-state index is 8.89. The maximum Gasteiger partial charge on any atom is 0.118 e. The van der Waals surface area contributed by atoms with Gasteiger partial charge in [0.25, 0.3) is 0 Å². The van der Waals surface area contributed by atoms with Gasteiger partial charge in [0, 0.05) is 5.97 Å². The molecule has 0 fully saturated rings. The molecule has 0 saturated heterocycles. The third kappa shape index (κ3) is 5.63. The molecule has 32 heavy (non-hydrogen) atoms. The van der Waals surface area contributed by atoms with E-state index in [9.17, 15) is 0 Å². The number of rotatable bonds is 6. The zero-order chi connectivity index (χ0) is 22.8. The van der Waals surface area contributed by atoms with Crippen molar-refractivity contribution in [3.63, 3.8) is 0 Å². The van der Waals surface area contributed by atoms with Gasteiger partial charge in [0.2, 0.25) is 0 Å². The van der Waals surface area contributed by atoms with E-state index >= 15 is 0 Å². The first-order valence-electron chi connectivity index (χ1n) is 10.4. The van der Waals surface area contributed by atoms with Crippen molar-refractivity contribution >= 4 is 29.1 Å². The summed E-state index contributed by atoms with van der Waals surface area (Å²) < 4.78 is 5.36. The molecule has 0 bridgehead atoms. The fourth-order valence-corrected chi connectivity index (χ4v) is 8.02. The molecule has 3 nitrogen and oxygen atoms in total. The first kappa shape index (κ1) is 23.2. The Kier molecular flexibility index (Phi) is 8.19. The zero-order valence-electron chi connectivity index (χ0n) is 18.3. The molecule has 4 aromatic carbocycles. The van der Waals surface area contributed by atoms with Crippen LogP contribution in [-0.2, 0) is 11.0 Å². The van der Waals surface area contributed by atoms with Gasteiger partial charge < -0.3 is 14.6 Å². The van der Waals surface area contributed by atoms with E-state index in [1.807, 2.05) is 0 Å². The number of hydrogen-bond donors (Lipinski definition) is 0. The van der Waals surface area contributed by atoms with Gasteiger partial charge in [0.1, 0.15) is 28.9 Å². The quantitative estimate of drug-likeness (QED) is 0.425. The van der Waals surface area contributed by atoms with Gasteiger partial charge in [-0.3, -0.25) is 0 Å². The van der Waals surface area contributed by atoms with Crippen molar-refractivity contribution in [1.82, 2.24) is 0 Å². The highest BCUT2D eigenvalue weighted by molar-refractivity contribution is 7.95. The summed E-state index contributed by atoms with van der Waals surface area (Å²) >= 11 is 0. The first-order valence-corrected chi connectivity index (χ1v) is 12.4. The lowest BCUT2D eigenvalue weighted by atomic mass is 10.2. The van der Waals surface area contributed by atoms with Crippen LogP contribution in [0.5, 0.6) is 5.75 Å². The lowest BCUT2D eigenvalue weighted by Gasteiger charge is -2.27. The molecular formula is C28H27O3P. The second-order valence-corrected chi connectivity index (χ2v) is 10.8. The number of carbonyl (C=O) groups is 1. The van der Waals surface area contributed by atoms with Crippen LogP contribution < -0.4 is 25.8 Å². The molecule has 0 N–H and O–H groups in total. The lowest BCUT2D eigenvalue weighted by molar-refractivity contribution is -0.302. The van der Waals surface area contributed by atoms with Crippen LogP contribution in [0.3, 0.4) is 0 Å². The Bertz CT molecular complexity index is 995. The van der Waals surface area contributed by atoms with Crippen molar-refractivity contribution in [2.24, 2.45) is 0 Å². The minimum absolute atomic E-state index is 0.895. The smallest absolute Gasteiger partial charge is 0.118 e. The van der Waals surface area contributed by atoms with Crippen LogP contribution in [0.4, 0.5) is 0 Å². The molecule has 0 heterocycles. The standard InChI is InChI=1S/C26H24OP.C2H4O2/c1-27-23-19-17-22(18-20-23)21-28(24-11-5-2-6-12-24,25-13-7-3-8-14-25)26-15-9-4-10-16-26;1-2(3)4/h2-20H,21H2,1H3;1H3,(H,3,4)/q+1;/p-1. The van der Waals surface area contributed by atoms with E-state index in [1.54, 1.807) is 7.11 Å². The predicted octanol–water partition coefficient (Wildman–Crippen LogP) is 3.95. The molecule has 0 amide bonds. The Morgan fingerprint density at radius 3 is 1.34 bits per heavy atom. The number of aliphatic carboxylic acids is 1. The molecule has 0 spiro atoms. The van der Waals surface area contributed by atoms with Gasteiger partial charge in [-0.25, -0.2) is 0 Å². The zero-order valence-corrected chi connectivity index (χ0v) is 19.2. The third-order valence-electron chi connectivity index (χ3n) is 5.17. The van der Waals surface area contributed by atoms with E-state index in [1.165, 1.54) is 21.5 Å². The van der Waals surface area contributed by atoms with Crippen LogP contribution in [0.15, 0.2) is 115 Å². The molecule has 0 aromatic heterocycles. The summed E-state index contributed by atoms with van der Waals surface area (Å²) in [6.45, 7) is 0.972. The molecule has 0 aliphatic heterocycles. The van der Waals surface area contributed by atoms with E-state index in [4.69, 9.17) is 14.6 Å². The van der Waals surface area contributed by atoms with Gasteiger partial charge in [-0.05, 0) is 61.0 Å². The Balaban J connectivity index is 0.000000668. The summed E-state index contributed by atoms with van der Waals surface area (Å²) in [6, 6.07) is 41.5. The topological polar surface area (TPSA) is 49.4 Å². The molecule has 4 rings (SSSR count). The highest BCUT2D eigenvalue weighted by Gasteiger charge is 2.45. The highest BCUT2D eigenvalue weighted by Crippen LogP contribution is 2.58. The molecule has 0 aliphatic carbocycles. The van der Waals surface area contributed by atoms with E-state index in [-0.39, 0.29) is 0 Å². The number of hydrogen-bond acceptors (Lipinski definition) is 3. The minimum atomic E-state index is -1.84. The van der Waals surface area contributed by atoms with Gasteiger partial charge >= 0.3 is 0 Å². The number of carboxylic acid groups (broad SMARTS) is 1. The maximum atomic E-state index is 8.89. The van der Waals surface area contributed by atoms with Crippen molar-refractivity contribution in [1.29, 1.82) is 0 Å². The predicted molar refractivity (Wildman–Crippen MR) is 133 cm³/mol. The van der Waals surface area contributed by atoms with Crippen molar-refractivity contribution in [2.75, 3.05) is 7.11 Å². The third-order valence-corrected chi connectivity index (χ3v) is 9.55. The fraction of sp³-hybridized carbons (Fsp3) is 0.107. The summed E-state index contributed by atoms with van der Waals surface area (Å²) in [5, 5.41) is 13.1. The second kappa shape index (κ2) is 11.3. The van der Waals surface area contributed by atoms with E-state index in [0.717, 1.165) is 18.8 Å². The SMILES string of the molecule is CC(=O)[O-].COc1ccc(C[P+](c2ccccc2)(c2ccccc2)c2ccccc2)cc1. The van der Waals surface area contributed by atoms with Crippen molar-refractivity contribution in [3.05, 3.63) is 121 Å². The van der Waals surface area contributed by atoms with E-state index in [0.29, 0.717) is 0 Å². The van der Waals surface area contributed by atoms with Gasteiger partial charge in [-0.2, -0.15) is 0 Å². The van der Waals surface area contributed by atoms with Crippen molar-refractivity contribution in [2.45, 2.75) is 13.1 Å². The van der Waals surface area contributed by atoms with Gasteiger partial charge in [0.05, 0.1) is 13.3 Å². The Labute approximate surface area is 190 Å². The lowest BCUT2D eigenvalue weighted by Crippen LogP contribution is -2.32. The Morgan fingerprint density at radius 2 is 1.03 bits per heavy atom. The van der Waals surface area contributed by atoms with Crippen LogP contribution in [0.1, 0.15) is 12.5 Å². The van der Waals surface area contributed by atoms with Crippen LogP contribution in [0, 0.1) is 0 Å². The summed E-state index contributed by atoms with van der Waals surface area (Å²) in [5.74, 6) is -0.188. The molecule has 0 unspecified atom stereocenters. The molecule has 4 aromatic rings. The van der Waals surface area contributed by atoms with Crippen LogP contribution in [0.2, 0.25) is 0 Å². The Hall–Kier alpha value is -3.42. The minimum Gasteiger partial charge on any atom is -0.550 e. The fourth-order valence-electron chi connectivity index (χ4n) is 3.77. The number of carboxylic acids is 1. The number of ether oxygens (including phenoxy) is 1. The second-order valence-electron chi connectivity index (χ2n) is 7.31. The normalized spacial score (nSPS) is 10.6. The van der Waals surface area contributed by atoms with Crippen LogP contribution in [0.25, 0.3) is 0 Å². The first-order chi connectivity index (χ1) is 15.6. The van der Waals surface area contributed by atoms with E-state index in [2.05, 4.69) is 115 Å². The molecule has 162 valence electrons. The molecule has 0 atom stereocenters. The highest BCUT2D eigenvalue weighted by atomic mass is 31.2.